The zero-order valence-electron chi connectivity index (χ0n) is 10.7. The molecule has 1 aliphatic rings. The molecular formula is C13H21N5. The fraction of sp³-hybridized carbons (Fsp3) is 0.538. The summed E-state index contributed by atoms with van der Waals surface area (Å²) in [4.78, 5) is 10.8. The molecule has 1 aromatic rings. The number of rotatable bonds is 5. The van der Waals surface area contributed by atoms with Gasteiger partial charge >= 0.3 is 0 Å². The van der Waals surface area contributed by atoms with Crippen LogP contribution in [0.15, 0.2) is 25.0 Å². The summed E-state index contributed by atoms with van der Waals surface area (Å²) in [6.07, 6.45) is 5.82. The molecule has 1 atom stereocenters. The van der Waals surface area contributed by atoms with E-state index >= 15 is 0 Å². The van der Waals surface area contributed by atoms with Crippen LogP contribution in [0.1, 0.15) is 12.8 Å². The topological polar surface area (TPSA) is 67.1 Å². The molecule has 0 radical (unpaired) electrons. The number of hydrogen-bond donors (Lipinski definition) is 2. The van der Waals surface area contributed by atoms with Gasteiger partial charge in [0.15, 0.2) is 0 Å². The minimum Gasteiger partial charge on any atom is -0.366 e. The first-order valence-electron chi connectivity index (χ1n) is 6.45. The molecule has 0 amide bonds. The van der Waals surface area contributed by atoms with E-state index < -0.39 is 0 Å². The van der Waals surface area contributed by atoms with Crippen LogP contribution < -0.4 is 16.0 Å². The molecule has 1 saturated heterocycles. The van der Waals surface area contributed by atoms with Crippen molar-refractivity contribution in [3.8, 4) is 0 Å². The predicted molar refractivity (Wildman–Crippen MR) is 74.7 cm³/mol. The van der Waals surface area contributed by atoms with E-state index in [1.165, 1.54) is 12.8 Å². The molecule has 18 heavy (non-hydrogen) atoms. The van der Waals surface area contributed by atoms with Gasteiger partial charge in [-0.3, -0.25) is 0 Å². The highest BCUT2D eigenvalue weighted by Crippen LogP contribution is 2.21. The summed E-state index contributed by atoms with van der Waals surface area (Å²) in [6, 6.07) is 1.99. The standard InChI is InChI=1S/C13H21N5/c1-2-5-15-12-7-13(17-10-16-12)18-6-3-4-11(8-14)9-18/h2,7,10-11H,1,3-6,8-9,14H2,(H,15,16,17). The normalized spacial score (nSPS) is 19.6. The largest absolute Gasteiger partial charge is 0.366 e. The maximum absolute atomic E-state index is 5.76. The lowest BCUT2D eigenvalue weighted by atomic mass is 9.98. The van der Waals surface area contributed by atoms with Crippen LogP contribution in [0.2, 0.25) is 0 Å². The number of piperidine rings is 1. The Labute approximate surface area is 108 Å². The Kier molecular flexibility index (Phi) is 4.52. The van der Waals surface area contributed by atoms with Gasteiger partial charge in [-0.2, -0.15) is 0 Å². The van der Waals surface area contributed by atoms with Crippen molar-refractivity contribution in [1.82, 2.24) is 9.97 Å². The molecule has 5 heteroatoms. The van der Waals surface area contributed by atoms with Crippen molar-refractivity contribution in [2.45, 2.75) is 12.8 Å². The lowest BCUT2D eigenvalue weighted by molar-refractivity contribution is 0.421. The van der Waals surface area contributed by atoms with Crippen molar-refractivity contribution in [2.75, 3.05) is 36.4 Å². The van der Waals surface area contributed by atoms with E-state index in [0.29, 0.717) is 12.5 Å². The number of anilines is 2. The van der Waals surface area contributed by atoms with Gasteiger partial charge in [0.25, 0.3) is 0 Å². The molecular weight excluding hydrogens is 226 g/mol. The smallest absolute Gasteiger partial charge is 0.134 e. The Morgan fingerprint density at radius 2 is 2.44 bits per heavy atom. The summed E-state index contributed by atoms with van der Waals surface area (Å²) in [5.74, 6) is 2.41. The van der Waals surface area contributed by atoms with E-state index in [0.717, 1.165) is 31.3 Å². The molecule has 0 bridgehead atoms. The number of aromatic nitrogens is 2. The van der Waals surface area contributed by atoms with E-state index in [4.69, 9.17) is 5.73 Å². The Morgan fingerprint density at radius 1 is 1.56 bits per heavy atom. The van der Waals surface area contributed by atoms with Gasteiger partial charge in [0.2, 0.25) is 0 Å². The average Bonchev–Trinajstić information content (AvgIpc) is 2.45. The second-order valence-electron chi connectivity index (χ2n) is 4.62. The van der Waals surface area contributed by atoms with Crippen molar-refractivity contribution in [2.24, 2.45) is 11.7 Å². The van der Waals surface area contributed by atoms with Gasteiger partial charge in [0.1, 0.15) is 18.0 Å². The van der Waals surface area contributed by atoms with Crippen LogP contribution in [0.4, 0.5) is 11.6 Å². The molecule has 0 spiro atoms. The van der Waals surface area contributed by atoms with Crippen molar-refractivity contribution < 1.29 is 0 Å². The molecule has 1 fully saturated rings. The van der Waals surface area contributed by atoms with Crippen LogP contribution in [-0.4, -0.2) is 36.1 Å². The SMILES string of the molecule is C=CCNc1cc(N2CCCC(CN)C2)ncn1. The molecule has 0 aromatic carbocycles. The number of nitrogens with zero attached hydrogens (tertiary/aromatic N) is 3. The predicted octanol–water partition coefficient (Wildman–Crippen LogP) is 1.25. The lowest BCUT2D eigenvalue weighted by Crippen LogP contribution is -2.38. The summed E-state index contributed by atoms with van der Waals surface area (Å²) in [5.41, 5.74) is 5.76. The van der Waals surface area contributed by atoms with Crippen LogP contribution in [0.25, 0.3) is 0 Å². The van der Waals surface area contributed by atoms with Gasteiger partial charge in [-0.05, 0) is 25.3 Å². The minimum atomic E-state index is 0.582. The number of nitrogens with one attached hydrogen (secondary N) is 1. The van der Waals surface area contributed by atoms with Crippen LogP contribution in [0, 0.1) is 5.92 Å². The van der Waals surface area contributed by atoms with Crippen LogP contribution in [-0.2, 0) is 0 Å². The van der Waals surface area contributed by atoms with Crippen molar-refractivity contribution in [3.63, 3.8) is 0 Å². The molecule has 2 heterocycles. The Morgan fingerprint density at radius 3 is 3.22 bits per heavy atom. The molecule has 0 saturated carbocycles. The summed E-state index contributed by atoms with van der Waals surface area (Å²) in [7, 11) is 0. The Bertz CT molecular complexity index is 393. The van der Waals surface area contributed by atoms with E-state index in [-0.39, 0.29) is 0 Å². The molecule has 3 N–H and O–H groups in total. The Balaban J connectivity index is 2.05. The molecule has 98 valence electrons. The van der Waals surface area contributed by atoms with E-state index in [1.807, 2.05) is 12.1 Å². The first kappa shape index (κ1) is 12.8. The third kappa shape index (κ3) is 3.20. The number of nitrogens with two attached hydrogens (primary N) is 1. The highest BCUT2D eigenvalue weighted by atomic mass is 15.2. The zero-order valence-corrected chi connectivity index (χ0v) is 10.7. The van der Waals surface area contributed by atoms with Gasteiger partial charge in [0.05, 0.1) is 0 Å². The third-order valence-corrected chi connectivity index (χ3v) is 3.26. The zero-order chi connectivity index (χ0) is 12.8. The third-order valence-electron chi connectivity index (χ3n) is 3.26. The van der Waals surface area contributed by atoms with E-state index in [2.05, 4.69) is 26.8 Å². The molecule has 1 aromatic heterocycles. The van der Waals surface area contributed by atoms with Gasteiger partial charge in [-0.1, -0.05) is 6.08 Å². The average molecular weight is 247 g/mol. The van der Waals surface area contributed by atoms with Gasteiger partial charge in [-0.15, -0.1) is 6.58 Å². The van der Waals surface area contributed by atoms with E-state index in [1.54, 1.807) is 6.33 Å². The van der Waals surface area contributed by atoms with E-state index in [9.17, 15) is 0 Å². The summed E-state index contributed by atoms with van der Waals surface area (Å²) >= 11 is 0. The molecule has 5 nitrogen and oxygen atoms in total. The molecule has 1 aliphatic heterocycles. The van der Waals surface area contributed by atoms with Gasteiger partial charge < -0.3 is 16.0 Å². The summed E-state index contributed by atoms with van der Waals surface area (Å²) in [6.45, 7) is 7.19. The maximum Gasteiger partial charge on any atom is 0.134 e. The maximum atomic E-state index is 5.76. The first-order valence-corrected chi connectivity index (χ1v) is 6.45. The number of hydrogen-bond acceptors (Lipinski definition) is 5. The van der Waals surface area contributed by atoms with Crippen molar-refractivity contribution >= 4 is 11.6 Å². The monoisotopic (exact) mass is 247 g/mol. The quantitative estimate of drug-likeness (QED) is 0.767. The highest BCUT2D eigenvalue weighted by Gasteiger charge is 2.19. The van der Waals surface area contributed by atoms with Gasteiger partial charge in [0, 0.05) is 25.7 Å². The fourth-order valence-electron chi connectivity index (χ4n) is 2.26. The van der Waals surface area contributed by atoms with Crippen LogP contribution in [0.5, 0.6) is 0 Å². The van der Waals surface area contributed by atoms with Crippen molar-refractivity contribution in [3.05, 3.63) is 25.0 Å². The minimum absolute atomic E-state index is 0.582. The summed E-state index contributed by atoms with van der Waals surface area (Å²) in [5, 5.41) is 3.18. The molecule has 0 aliphatic carbocycles. The Hall–Kier alpha value is -1.62. The molecule has 1 unspecified atom stereocenters. The fourth-order valence-corrected chi connectivity index (χ4v) is 2.26. The van der Waals surface area contributed by atoms with Gasteiger partial charge in [-0.25, -0.2) is 9.97 Å². The first-order chi connectivity index (χ1) is 8.83. The highest BCUT2D eigenvalue weighted by molar-refractivity contribution is 5.48. The second kappa shape index (κ2) is 6.35. The van der Waals surface area contributed by atoms with Crippen LogP contribution in [0.3, 0.4) is 0 Å². The summed E-state index contributed by atoms with van der Waals surface area (Å²) < 4.78 is 0. The van der Waals surface area contributed by atoms with Crippen molar-refractivity contribution in [1.29, 1.82) is 0 Å². The second-order valence-corrected chi connectivity index (χ2v) is 4.62. The lowest BCUT2D eigenvalue weighted by Gasteiger charge is -2.33. The molecule has 2 rings (SSSR count). The van der Waals surface area contributed by atoms with Crippen LogP contribution >= 0.6 is 0 Å².